The lowest BCUT2D eigenvalue weighted by atomic mass is 10.0. The van der Waals surface area contributed by atoms with Crippen LogP contribution >= 0.6 is 0 Å². The van der Waals surface area contributed by atoms with E-state index in [4.69, 9.17) is 9.47 Å². The van der Waals surface area contributed by atoms with Crippen molar-refractivity contribution in [3.8, 4) is 11.5 Å². The van der Waals surface area contributed by atoms with Crippen molar-refractivity contribution >= 4 is 5.69 Å². The Kier molecular flexibility index (Phi) is 5.50. The number of hydrogen-bond acceptors (Lipinski definition) is 3. The van der Waals surface area contributed by atoms with Gasteiger partial charge < -0.3 is 14.8 Å². The van der Waals surface area contributed by atoms with Crippen molar-refractivity contribution in [3.63, 3.8) is 0 Å². The van der Waals surface area contributed by atoms with Crippen molar-refractivity contribution in [1.29, 1.82) is 0 Å². The molecule has 0 saturated carbocycles. The molecule has 0 fully saturated rings. The number of ether oxygens (including phenoxy) is 2. The topological polar surface area (TPSA) is 30.5 Å². The molecule has 0 spiro atoms. The maximum Gasteiger partial charge on any atom is 0.161 e. The van der Waals surface area contributed by atoms with Crippen LogP contribution in [0.5, 0.6) is 11.5 Å². The Bertz CT molecular complexity index is 567. The van der Waals surface area contributed by atoms with Gasteiger partial charge in [-0.2, -0.15) is 0 Å². The van der Waals surface area contributed by atoms with Crippen LogP contribution in [0.2, 0.25) is 0 Å². The quantitative estimate of drug-likeness (QED) is 0.769. The molecule has 0 amide bonds. The first-order valence-corrected chi connectivity index (χ1v) is 7.31. The van der Waals surface area contributed by atoms with E-state index in [1.165, 1.54) is 11.3 Å². The third-order valence-electron chi connectivity index (χ3n) is 3.33. The zero-order chi connectivity index (χ0) is 15.1. The molecular formula is C18H23NO2. The molecular weight excluding hydrogens is 262 g/mol. The highest BCUT2D eigenvalue weighted by molar-refractivity contribution is 5.52. The van der Waals surface area contributed by atoms with Crippen LogP contribution in [0, 0.1) is 0 Å². The summed E-state index contributed by atoms with van der Waals surface area (Å²) in [5, 5.41) is 3.44. The second kappa shape index (κ2) is 7.58. The number of para-hydroxylation sites is 3. The molecule has 0 unspecified atom stereocenters. The van der Waals surface area contributed by atoms with Crippen molar-refractivity contribution in [1.82, 2.24) is 0 Å². The van der Waals surface area contributed by atoms with E-state index in [2.05, 4.69) is 43.4 Å². The summed E-state index contributed by atoms with van der Waals surface area (Å²) in [5.74, 6) is 2.04. The Hall–Kier alpha value is -2.16. The van der Waals surface area contributed by atoms with Gasteiger partial charge in [0.15, 0.2) is 11.5 Å². The van der Waals surface area contributed by atoms with E-state index in [1.807, 2.05) is 24.3 Å². The Balaban J connectivity index is 1.88. The highest BCUT2D eigenvalue weighted by atomic mass is 16.5. The van der Waals surface area contributed by atoms with E-state index in [-0.39, 0.29) is 0 Å². The van der Waals surface area contributed by atoms with Gasteiger partial charge in [0.1, 0.15) is 6.61 Å². The SMILES string of the molecule is COc1ccccc1OCCNc1ccccc1C(C)C. The molecule has 0 bridgehead atoms. The molecule has 2 rings (SSSR count). The highest BCUT2D eigenvalue weighted by Crippen LogP contribution is 2.26. The average Bonchev–Trinajstić information content (AvgIpc) is 2.52. The maximum atomic E-state index is 5.76. The monoisotopic (exact) mass is 285 g/mol. The molecule has 0 radical (unpaired) electrons. The van der Waals surface area contributed by atoms with E-state index >= 15 is 0 Å². The van der Waals surface area contributed by atoms with E-state index in [1.54, 1.807) is 7.11 Å². The molecule has 3 heteroatoms. The normalized spacial score (nSPS) is 10.5. The van der Waals surface area contributed by atoms with Gasteiger partial charge in [-0.25, -0.2) is 0 Å². The van der Waals surface area contributed by atoms with Crippen LogP contribution in [-0.4, -0.2) is 20.3 Å². The molecule has 0 aliphatic carbocycles. The van der Waals surface area contributed by atoms with Gasteiger partial charge in [-0.05, 0) is 29.7 Å². The molecule has 21 heavy (non-hydrogen) atoms. The highest BCUT2D eigenvalue weighted by Gasteiger charge is 2.05. The second-order valence-corrected chi connectivity index (χ2v) is 5.17. The predicted octanol–water partition coefficient (Wildman–Crippen LogP) is 4.31. The Morgan fingerprint density at radius 1 is 0.952 bits per heavy atom. The molecule has 2 aromatic rings. The first kappa shape index (κ1) is 15.2. The minimum absolute atomic E-state index is 0.504. The Morgan fingerprint density at radius 2 is 1.62 bits per heavy atom. The van der Waals surface area contributed by atoms with E-state index < -0.39 is 0 Å². The Labute approximate surface area is 126 Å². The third kappa shape index (κ3) is 4.15. The minimum atomic E-state index is 0.504. The maximum absolute atomic E-state index is 5.76. The summed E-state index contributed by atoms with van der Waals surface area (Å²) in [6, 6.07) is 16.1. The number of hydrogen-bond donors (Lipinski definition) is 1. The number of rotatable bonds is 7. The number of anilines is 1. The van der Waals surface area contributed by atoms with Crippen molar-refractivity contribution in [2.75, 3.05) is 25.6 Å². The average molecular weight is 285 g/mol. The molecule has 1 N–H and O–H groups in total. The fourth-order valence-corrected chi connectivity index (χ4v) is 2.25. The fourth-order valence-electron chi connectivity index (χ4n) is 2.25. The van der Waals surface area contributed by atoms with Gasteiger partial charge >= 0.3 is 0 Å². The van der Waals surface area contributed by atoms with Gasteiger partial charge in [0.25, 0.3) is 0 Å². The van der Waals surface area contributed by atoms with Crippen LogP contribution in [0.25, 0.3) is 0 Å². The summed E-state index contributed by atoms with van der Waals surface area (Å²) < 4.78 is 11.0. The van der Waals surface area contributed by atoms with Crippen LogP contribution < -0.4 is 14.8 Å². The molecule has 2 aromatic carbocycles. The number of nitrogens with one attached hydrogen (secondary N) is 1. The van der Waals surface area contributed by atoms with Gasteiger partial charge in [0.05, 0.1) is 7.11 Å². The van der Waals surface area contributed by atoms with Crippen molar-refractivity contribution in [2.24, 2.45) is 0 Å². The van der Waals surface area contributed by atoms with Gasteiger partial charge in [-0.1, -0.05) is 44.2 Å². The lowest BCUT2D eigenvalue weighted by Crippen LogP contribution is -2.13. The zero-order valence-corrected chi connectivity index (χ0v) is 12.9. The third-order valence-corrected chi connectivity index (χ3v) is 3.33. The van der Waals surface area contributed by atoms with E-state index in [0.29, 0.717) is 12.5 Å². The first-order valence-electron chi connectivity index (χ1n) is 7.31. The lowest BCUT2D eigenvalue weighted by Gasteiger charge is -2.15. The summed E-state index contributed by atoms with van der Waals surface area (Å²) in [5.41, 5.74) is 2.51. The van der Waals surface area contributed by atoms with Gasteiger partial charge in [-0.3, -0.25) is 0 Å². The smallest absolute Gasteiger partial charge is 0.161 e. The van der Waals surface area contributed by atoms with Crippen LogP contribution in [0.3, 0.4) is 0 Å². The van der Waals surface area contributed by atoms with Gasteiger partial charge in [0, 0.05) is 12.2 Å². The van der Waals surface area contributed by atoms with Crippen LogP contribution in [0.1, 0.15) is 25.3 Å². The van der Waals surface area contributed by atoms with E-state index in [9.17, 15) is 0 Å². The number of benzene rings is 2. The largest absolute Gasteiger partial charge is 0.493 e. The molecule has 0 heterocycles. The fraction of sp³-hybridized carbons (Fsp3) is 0.333. The van der Waals surface area contributed by atoms with Crippen molar-refractivity contribution in [2.45, 2.75) is 19.8 Å². The molecule has 0 saturated heterocycles. The lowest BCUT2D eigenvalue weighted by molar-refractivity contribution is 0.306. The summed E-state index contributed by atoms with van der Waals surface area (Å²) in [7, 11) is 1.65. The molecule has 3 nitrogen and oxygen atoms in total. The van der Waals surface area contributed by atoms with Crippen LogP contribution in [-0.2, 0) is 0 Å². The summed E-state index contributed by atoms with van der Waals surface area (Å²) >= 11 is 0. The van der Waals surface area contributed by atoms with E-state index in [0.717, 1.165) is 18.0 Å². The summed E-state index contributed by atoms with van der Waals surface area (Å²) in [4.78, 5) is 0. The van der Waals surface area contributed by atoms with Crippen LogP contribution in [0.4, 0.5) is 5.69 Å². The molecule has 112 valence electrons. The van der Waals surface area contributed by atoms with Crippen molar-refractivity contribution < 1.29 is 9.47 Å². The Morgan fingerprint density at radius 3 is 2.33 bits per heavy atom. The second-order valence-electron chi connectivity index (χ2n) is 5.17. The molecule has 0 aliphatic rings. The summed E-state index contributed by atoms with van der Waals surface area (Å²) in [6.07, 6.45) is 0. The summed E-state index contributed by atoms with van der Waals surface area (Å²) in [6.45, 7) is 5.74. The molecule has 0 aromatic heterocycles. The first-order chi connectivity index (χ1) is 10.2. The zero-order valence-electron chi connectivity index (χ0n) is 12.9. The van der Waals surface area contributed by atoms with Gasteiger partial charge in [0.2, 0.25) is 0 Å². The molecule has 0 aliphatic heterocycles. The minimum Gasteiger partial charge on any atom is -0.493 e. The van der Waals surface area contributed by atoms with Crippen LogP contribution in [0.15, 0.2) is 48.5 Å². The standard InChI is InChI=1S/C18H23NO2/c1-14(2)15-8-4-5-9-16(15)19-12-13-21-18-11-7-6-10-17(18)20-3/h4-11,14,19H,12-13H2,1-3H3. The number of methoxy groups -OCH3 is 1. The predicted molar refractivity (Wildman–Crippen MR) is 87.5 cm³/mol. The van der Waals surface area contributed by atoms with Gasteiger partial charge in [-0.15, -0.1) is 0 Å². The van der Waals surface area contributed by atoms with Crippen molar-refractivity contribution in [3.05, 3.63) is 54.1 Å². The molecule has 0 atom stereocenters.